The van der Waals surface area contributed by atoms with E-state index in [1.807, 2.05) is 25.1 Å². The average molecular weight is 360 g/mol. The summed E-state index contributed by atoms with van der Waals surface area (Å²) in [6.07, 6.45) is 0.879. The van der Waals surface area contributed by atoms with E-state index in [2.05, 4.69) is 10.6 Å². The van der Waals surface area contributed by atoms with Crippen LogP contribution in [0.1, 0.15) is 29.3 Å². The summed E-state index contributed by atoms with van der Waals surface area (Å²) in [4.78, 5) is 35.1. The molecule has 0 saturated heterocycles. The highest BCUT2D eigenvalue weighted by Gasteiger charge is 2.10. The number of nitrogens with one attached hydrogen (secondary N) is 2. The van der Waals surface area contributed by atoms with Gasteiger partial charge in [0.15, 0.2) is 6.61 Å². The number of esters is 1. The number of aryl methyl sites for hydroxylation is 1. The van der Waals surface area contributed by atoms with Gasteiger partial charge in [0.2, 0.25) is 0 Å². The molecule has 2 rings (SSSR count). The maximum atomic E-state index is 11.8. The number of ether oxygens (including phenoxy) is 1. The molecule has 0 radical (unpaired) electrons. The molecule has 0 bridgehead atoms. The zero-order valence-corrected chi connectivity index (χ0v) is 14.7. The number of thiophene rings is 1. The molecule has 0 saturated carbocycles. The second-order valence-electron chi connectivity index (χ2n) is 5.28. The largest absolute Gasteiger partial charge is 0.456 e. The van der Waals surface area contributed by atoms with Crippen LogP contribution in [-0.4, -0.2) is 30.9 Å². The Morgan fingerprint density at radius 1 is 1.20 bits per heavy atom. The number of carbonyl (C=O) groups is 3. The van der Waals surface area contributed by atoms with Crippen LogP contribution in [0.5, 0.6) is 0 Å². The van der Waals surface area contributed by atoms with Gasteiger partial charge in [-0.1, -0.05) is 19.1 Å². The fourth-order valence-corrected chi connectivity index (χ4v) is 2.69. The Hall–Kier alpha value is -2.67. The minimum atomic E-state index is -0.539. The zero-order valence-electron chi connectivity index (χ0n) is 13.9. The highest BCUT2D eigenvalue weighted by molar-refractivity contribution is 7.08. The first-order valence-electron chi connectivity index (χ1n) is 7.93. The van der Waals surface area contributed by atoms with Crippen molar-refractivity contribution in [3.05, 3.63) is 52.2 Å². The van der Waals surface area contributed by atoms with Crippen LogP contribution in [0.3, 0.4) is 0 Å². The molecule has 0 unspecified atom stereocenters. The van der Waals surface area contributed by atoms with Crippen molar-refractivity contribution in [2.45, 2.75) is 19.8 Å². The van der Waals surface area contributed by atoms with Gasteiger partial charge in [-0.3, -0.25) is 14.4 Å². The molecule has 2 aromatic rings. The Labute approximate surface area is 150 Å². The number of benzene rings is 1. The average Bonchev–Trinajstić information content (AvgIpc) is 3.15. The normalized spacial score (nSPS) is 10.1. The molecular weight excluding hydrogens is 340 g/mol. The Morgan fingerprint density at radius 2 is 2.04 bits per heavy atom. The van der Waals surface area contributed by atoms with Gasteiger partial charge >= 0.3 is 5.97 Å². The lowest BCUT2D eigenvalue weighted by Crippen LogP contribution is -2.27. The van der Waals surface area contributed by atoms with Crippen LogP contribution in [0.4, 0.5) is 5.69 Å². The van der Waals surface area contributed by atoms with Gasteiger partial charge in [-0.05, 0) is 35.6 Å². The molecule has 25 heavy (non-hydrogen) atoms. The fraction of sp³-hybridized carbons (Fsp3) is 0.278. The number of hydrogen-bond donors (Lipinski definition) is 2. The maximum absolute atomic E-state index is 11.8. The lowest BCUT2D eigenvalue weighted by Gasteiger charge is -2.08. The Bertz CT molecular complexity index is 728. The van der Waals surface area contributed by atoms with E-state index in [1.54, 1.807) is 22.9 Å². The highest BCUT2D eigenvalue weighted by Crippen LogP contribution is 2.11. The molecule has 1 heterocycles. The number of hydrogen-bond acceptors (Lipinski definition) is 5. The molecule has 2 N–H and O–H groups in total. The topological polar surface area (TPSA) is 84.5 Å². The minimum absolute atomic E-state index is 0.00841. The molecule has 132 valence electrons. The second-order valence-corrected chi connectivity index (χ2v) is 6.06. The van der Waals surface area contributed by atoms with Crippen molar-refractivity contribution < 1.29 is 19.1 Å². The highest BCUT2D eigenvalue weighted by atomic mass is 32.1. The second kappa shape index (κ2) is 9.58. The smallest absolute Gasteiger partial charge is 0.308 e. The predicted molar refractivity (Wildman–Crippen MR) is 96.7 cm³/mol. The van der Waals surface area contributed by atoms with E-state index in [1.165, 1.54) is 11.3 Å². The Kier molecular flexibility index (Phi) is 7.16. The molecule has 0 fully saturated rings. The van der Waals surface area contributed by atoms with Crippen molar-refractivity contribution in [1.82, 2.24) is 5.32 Å². The lowest BCUT2D eigenvalue weighted by molar-refractivity contribution is -0.147. The van der Waals surface area contributed by atoms with E-state index in [0.717, 1.165) is 12.0 Å². The molecule has 0 aliphatic carbocycles. The molecule has 2 amide bonds. The first-order chi connectivity index (χ1) is 12.1. The van der Waals surface area contributed by atoms with Crippen molar-refractivity contribution >= 4 is 34.8 Å². The van der Waals surface area contributed by atoms with E-state index in [0.29, 0.717) is 11.3 Å². The van der Waals surface area contributed by atoms with Crippen molar-refractivity contribution in [2.24, 2.45) is 0 Å². The molecule has 0 spiro atoms. The standard InChI is InChI=1S/C18H20N2O4S/c1-2-13-4-3-5-15(10-13)20-16(21)11-24-17(22)6-8-19-18(23)14-7-9-25-12-14/h3-5,7,9-10,12H,2,6,8,11H2,1H3,(H,19,23)(H,20,21). The Balaban J connectivity index is 1.65. The van der Waals surface area contributed by atoms with Gasteiger partial charge in [-0.25, -0.2) is 0 Å². The van der Waals surface area contributed by atoms with Gasteiger partial charge < -0.3 is 15.4 Å². The third kappa shape index (κ3) is 6.39. The van der Waals surface area contributed by atoms with Crippen LogP contribution in [0.2, 0.25) is 0 Å². The van der Waals surface area contributed by atoms with Gasteiger partial charge in [0.25, 0.3) is 11.8 Å². The van der Waals surface area contributed by atoms with Crippen LogP contribution in [0.25, 0.3) is 0 Å². The summed E-state index contributed by atoms with van der Waals surface area (Å²) in [5, 5.41) is 8.83. The maximum Gasteiger partial charge on any atom is 0.308 e. The van der Waals surface area contributed by atoms with Gasteiger partial charge in [0, 0.05) is 23.2 Å². The number of rotatable bonds is 8. The molecule has 1 aromatic carbocycles. The van der Waals surface area contributed by atoms with Gasteiger partial charge in [-0.15, -0.1) is 0 Å². The van der Waals surface area contributed by atoms with E-state index in [9.17, 15) is 14.4 Å². The first kappa shape index (κ1) is 18.7. The third-order valence-electron chi connectivity index (χ3n) is 3.38. The molecule has 7 heteroatoms. The summed E-state index contributed by atoms with van der Waals surface area (Å²) < 4.78 is 4.90. The predicted octanol–water partition coefficient (Wildman–Crippen LogP) is 2.61. The van der Waals surface area contributed by atoms with Crippen molar-refractivity contribution in [2.75, 3.05) is 18.5 Å². The Morgan fingerprint density at radius 3 is 2.76 bits per heavy atom. The van der Waals surface area contributed by atoms with Gasteiger partial charge in [-0.2, -0.15) is 11.3 Å². The molecule has 0 aliphatic rings. The van der Waals surface area contributed by atoms with Crippen LogP contribution >= 0.6 is 11.3 Å². The van der Waals surface area contributed by atoms with Crippen LogP contribution in [-0.2, 0) is 20.7 Å². The SMILES string of the molecule is CCc1cccc(NC(=O)COC(=O)CCNC(=O)c2ccsc2)c1. The van der Waals surface area contributed by atoms with Crippen LogP contribution in [0, 0.1) is 0 Å². The van der Waals surface area contributed by atoms with Crippen LogP contribution < -0.4 is 10.6 Å². The van der Waals surface area contributed by atoms with E-state index in [4.69, 9.17) is 4.74 Å². The molecule has 1 aromatic heterocycles. The third-order valence-corrected chi connectivity index (χ3v) is 4.06. The molecule has 0 atom stereocenters. The number of anilines is 1. The van der Waals surface area contributed by atoms with Gasteiger partial charge in [0.1, 0.15) is 0 Å². The molecule has 0 aliphatic heterocycles. The monoisotopic (exact) mass is 360 g/mol. The summed E-state index contributed by atoms with van der Waals surface area (Å²) in [5.74, 6) is -1.17. The summed E-state index contributed by atoms with van der Waals surface area (Å²) >= 11 is 1.42. The van der Waals surface area contributed by atoms with Gasteiger partial charge in [0.05, 0.1) is 6.42 Å². The fourth-order valence-electron chi connectivity index (χ4n) is 2.06. The lowest BCUT2D eigenvalue weighted by atomic mass is 10.1. The first-order valence-corrected chi connectivity index (χ1v) is 8.87. The van der Waals surface area contributed by atoms with E-state index < -0.39 is 11.9 Å². The van der Waals surface area contributed by atoms with E-state index >= 15 is 0 Å². The van der Waals surface area contributed by atoms with Crippen molar-refractivity contribution in [3.8, 4) is 0 Å². The molecular formula is C18H20N2O4S. The van der Waals surface area contributed by atoms with Crippen LogP contribution in [0.15, 0.2) is 41.1 Å². The summed E-state index contributed by atoms with van der Waals surface area (Å²) in [7, 11) is 0. The van der Waals surface area contributed by atoms with Crippen molar-refractivity contribution in [3.63, 3.8) is 0 Å². The summed E-state index contributed by atoms with van der Waals surface area (Å²) in [6.45, 7) is 1.83. The summed E-state index contributed by atoms with van der Waals surface area (Å²) in [6, 6.07) is 9.19. The number of amides is 2. The zero-order chi connectivity index (χ0) is 18.1. The van der Waals surface area contributed by atoms with E-state index in [-0.39, 0.29) is 25.5 Å². The minimum Gasteiger partial charge on any atom is -0.456 e. The molecule has 6 nitrogen and oxygen atoms in total. The van der Waals surface area contributed by atoms with Crippen molar-refractivity contribution in [1.29, 1.82) is 0 Å². The quantitative estimate of drug-likeness (QED) is 0.709. The number of carbonyl (C=O) groups excluding carboxylic acids is 3. The summed E-state index contributed by atoms with van der Waals surface area (Å²) in [5.41, 5.74) is 2.34.